The van der Waals surface area contributed by atoms with Gasteiger partial charge in [-0.1, -0.05) is 25.1 Å². The molecule has 1 aromatic rings. The second-order valence-electron chi connectivity index (χ2n) is 8.03. The zero-order chi connectivity index (χ0) is 19.6. The molecule has 6 atom stereocenters. The second-order valence-corrected chi connectivity index (χ2v) is 8.03. The van der Waals surface area contributed by atoms with Crippen LogP contribution in [0.2, 0.25) is 0 Å². The van der Waals surface area contributed by atoms with Crippen LogP contribution in [0.4, 0.5) is 5.69 Å². The molecule has 28 heavy (non-hydrogen) atoms. The highest BCUT2D eigenvalue weighted by Crippen LogP contribution is 2.57. The average Bonchev–Trinajstić information content (AvgIpc) is 3.05. The minimum atomic E-state index is -0.969. The lowest BCUT2D eigenvalue weighted by molar-refractivity contribution is -0.179. The van der Waals surface area contributed by atoms with Crippen LogP contribution in [0.1, 0.15) is 32.3 Å². The van der Waals surface area contributed by atoms with Crippen molar-refractivity contribution in [3.63, 3.8) is 0 Å². The van der Waals surface area contributed by atoms with Crippen LogP contribution in [0.15, 0.2) is 29.3 Å². The zero-order valence-electron chi connectivity index (χ0n) is 16.3. The number of fused-ring (bicyclic) bond motifs is 2. The molecule has 2 saturated heterocycles. The van der Waals surface area contributed by atoms with Gasteiger partial charge in [-0.05, 0) is 24.5 Å². The number of nitrogens with zero attached hydrogens (tertiary/aromatic N) is 2. The highest BCUT2D eigenvalue weighted by molar-refractivity contribution is 6.08. The van der Waals surface area contributed by atoms with Crippen molar-refractivity contribution in [2.75, 3.05) is 18.8 Å². The Morgan fingerprint density at radius 3 is 2.89 bits per heavy atom. The molecule has 1 amide bonds. The molecule has 148 valence electrons. The Morgan fingerprint density at radius 2 is 2.18 bits per heavy atom. The van der Waals surface area contributed by atoms with E-state index in [9.17, 15) is 9.59 Å². The van der Waals surface area contributed by atoms with Gasteiger partial charge in [-0.3, -0.25) is 19.4 Å². The number of hydroxylamine groups is 1. The first-order chi connectivity index (χ1) is 13.5. The Hall–Kier alpha value is -2.25. The smallest absolute Gasteiger partial charge is 0.303 e. The molecule has 1 spiro atoms. The Morgan fingerprint density at radius 1 is 1.39 bits per heavy atom. The molecule has 0 N–H and O–H groups in total. The van der Waals surface area contributed by atoms with E-state index < -0.39 is 17.6 Å². The summed E-state index contributed by atoms with van der Waals surface area (Å²) in [6.45, 7) is 4.01. The summed E-state index contributed by atoms with van der Waals surface area (Å²) in [5.41, 5.74) is 1.70. The minimum Gasteiger partial charge on any atom is -0.459 e. The van der Waals surface area contributed by atoms with Gasteiger partial charge in [0.1, 0.15) is 17.6 Å². The number of esters is 1. The quantitative estimate of drug-likeness (QED) is 0.746. The molecule has 4 heterocycles. The summed E-state index contributed by atoms with van der Waals surface area (Å²) in [5, 5.41) is 1.35. The van der Waals surface area contributed by atoms with Crippen LogP contribution in [-0.2, 0) is 29.3 Å². The number of hydrogen-bond donors (Lipinski definition) is 0. The van der Waals surface area contributed by atoms with Gasteiger partial charge in [0.15, 0.2) is 0 Å². The summed E-state index contributed by atoms with van der Waals surface area (Å²) >= 11 is 0. The van der Waals surface area contributed by atoms with Gasteiger partial charge in [-0.25, -0.2) is 0 Å². The number of aliphatic imine (C=N–C) groups is 1. The van der Waals surface area contributed by atoms with Crippen molar-refractivity contribution in [1.82, 2.24) is 0 Å². The number of benzene rings is 1. The number of ether oxygens (including phenoxy) is 2. The van der Waals surface area contributed by atoms with Gasteiger partial charge >= 0.3 is 5.97 Å². The molecule has 5 aliphatic rings. The molecule has 4 aliphatic heterocycles. The molecule has 0 unspecified atom stereocenters. The van der Waals surface area contributed by atoms with Gasteiger partial charge in [0.05, 0.1) is 25.4 Å². The Labute approximate surface area is 163 Å². The highest BCUT2D eigenvalue weighted by atomic mass is 16.7. The summed E-state index contributed by atoms with van der Waals surface area (Å²) in [4.78, 5) is 36.1. The maximum atomic E-state index is 13.7. The predicted molar refractivity (Wildman–Crippen MR) is 101 cm³/mol. The van der Waals surface area contributed by atoms with Crippen molar-refractivity contribution in [2.24, 2.45) is 16.8 Å². The van der Waals surface area contributed by atoms with E-state index >= 15 is 0 Å². The van der Waals surface area contributed by atoms with Crippen molar-refractivity contribution in [2.45, 2.75) is 50.4 Å². The predicted octanol–water partition coefficient (Wildman–Crippen LogP) is 2.03. The largest absolute Gasteiger partial charge is 0.459 e. The number of anilines is 1. The first-order valence-corrected chi connectivity index (χ1v) is 9.86. The summed E-state index contributed by atoms with van der Waals surface area (Å²) < 4.78 is 12.1. The lowest BCUT2D eigenvalue weighted by Crippen LogP contribution is -2.59. The zero-order valence-corrected chi connectivity index (χ0v) is 16.3. The fraction of sp³-hybridized carbons (Fsp3) is 0.571. The molecule has 7 nitrogen and oxygen atoms in total. The van der Waals surface area contributed by atoms with Gasteiger partial charge < -0.3 is 9.47 Å². The van der Waals surface area contributed by atoms with Crippen molar-refractivity contribution in [1.29, 1.82) is 0 Å². The monoisotopic (exact) mass is 384 g/mol. The normalized spacial score (nSPS) is 37.8. The Bertz CT molecular complexity index is 883. The third-order valence-electron chi connectivity index (χ3n) is 6.83. The maximum Gasteiger partial charge on any atom is 0.303 e. The Balaban J connectivity index is 1.73. The van der Waals surface area contributed by atoms with Crippen LogP contribution in [0.5, 0.6) is 0 Å². The number of amides is 1. The summed E-state index contributed by atoms with van der Waals surface area (Å²) in [5.74, 6) is -0.391. The van der Waals surface area contributed by atoms with E-state index in [-0.39, 0.29) is 29.8 Å². The van der Waals surface area contributed by atoms with Crippen LogP contribution in [0, 0.1) is 11.8 Å². The van der Waals surface area contributed by atoms with Crippen LogP contribution in [-0.4, -0.2) is 49.6 Å². The molecule has 6 rings (SSSR count). The number of rotatable bonds is 3. The topological polar surface area (TPSA) is 77.4 Å². The van der Waals surface area contributed by atoms with Crippen molar-refractivity contribution >= 4 is 23.3 Å². The molecule has 1 saturated carbocycles. The third kappa shape index (κ3) is 2.09. The van der Waals surface area contributed by atoms with Gasteiger partial charge in [0, 0.05) is 24.5 Å². The molecule has 4 bridgehead atoms. The van der Waals surface area contributed by atoms with E-state index in [1.165, 1.54) is 19.1 Å². The van der Waals surface area contributed by atoms with E-state index in [1.54, 1.807) is 0 Å². The molecule has 0 radical (unpaired) electrons. The maximum absolute atomic E-state index is 13.7. The molecular weight excluding hydrogens is 360 g/mol. The highest BCUT2D eigenvalue weighted by Gasteiger charge is 2.68. The average molecular weight is 384 g/mol. The fourth-order valence-electron chi connectivity index (χ4n) is 5.83. The van der Waals surface area contributed by atoms with E-state index in [2.05, 4.69) is 6.92 Å². The Kier molecular flexibility index (Phi) is 3.90. The molecule has 0 aromatic heterocycles. The standard InChI is InChI=1S/C21H24N2O5/c1-4-14-17-12-10-27-19(18(17)28-11(2)24)21(9-15(12)22-14)13-7-5-6-8-16(13)23(26-3)20(21)25/h5-8,12,15,17-19H,4,9-10H2,1-3H3/t12-,15+,17-,18-,19-,21+/m1/s1. The molecule has 7 heteroatoms. The van der Waals surface area contributed by atoms with Gasteiger partial charge in [0.25, 0.3) is 5.91 Å². The fourth-order valence-corrected chi connectivity index (χ4v) is 5.83. The summed E-state index contributed by atoms with van der Waals surface area (Å²) in [7, 11) is 1.49. The van der Waals surface area contributed by atoms with Crippen LogP contribution >= 0.6 is 0 Å². The third-order valence-corrected chi connectivity index (χ3v) is 6.83. The van der Waals surface area contributed by atoms with Crippen LogP contribution in [0.3, 0.4) is 0 Å². The number of para-hydroxylation sites is 1. The van der Waals surface area contributed by atoms with E-state index in [4.69, 9.17) is 19.3 Å². The van der Waals surface area contributed by atoms with Crippen LogP contribution < -0.4 is 5.06 Å². The number of carbonyl (C=O) groups is 2. The molecule has 3 fully saturated rings. The van der Waals surface area contributed by atoms with Gasteiger partial charge in [-0.15, -0.1) is 0 Å². The summed E-state index contributed by atoms with van der Waals surface area (Å²) in [6.07, 6.45) is 0.254. The van der Waals surface area contributed by atoms with E-state index in [1.807, 2.05) is 24.3 Å². The lowest BCUT2D eigenvalue weighted by Gasteiger charge is -2.43. The molecule has 1 aliphatic carbocycles. The van der Waals surface area contributed by atoms with Crippen molar-refractivity contribution in [3.8, 4) is 0 Å². The SMILES string of the molecule is CCC1=N[C@H]2C[C@@]3(C(=O)N(OC)c4ccccc43)[C@@H]3OC[C@H]2[C@H]1[C@H]3OC(C)=O. The van der Waals surface area contributed by atoms with Gasteiger partial charge in [0.2, 0.25) is 0 Å². The number of hydrogen-bond acceptors (Lipinski definition) is 6. The minimum absolute atomic E-state index is 0.00795. The first kappa shape index (κ1) is 17.8. The van der Waals surface area contributed by atoms with Crippen molar-refractivity contribution < 1.29 is 23.9 Å². The van der Waals surface area contributed by atoms with Gasteiger partial charge in [-0.2, -0.15) is 5.06 Å². The van der Waals surface area contributed by atoms with E-state index in [0.717, 1.165) is 23.4 Å². The lowest BCUT2D eigenvalue weighted by atomic mass is 9.70. The van der Waals surface area contributed by atoms with Crippen molar-refractivity contribution in [3.05, 3.63) is 29.8 Å². The molecule has 1 aromatic carbocycles. The second kappa shape index (κ2) is 6.12. The van der Waals surface area contributed by atoms with E-state index in [0.29, 0.717) is 13.0 Å². The summed E-state index contributed by atoms with van der Waals surface area (Å²) in [6, 6.07) is 7.61. The first-order valence-electron chi connectivity index (χ1n) is 9.86. The van der Waals surface area contributed by atoms with Crippen LogP contribution in [0.25, 0.3) is 0 Å². The molecular formula is C21H24N2O5. The number of carbonyl (C=O) groups excluding carboxylic acids is 2.